The lowest BCUT2D eigenvalue weighted by Gasteiger charge is -2.04. The van der Waals surface area contributed by atoms with Crippen LogP contribution in [0.4, 0.5) is 0 Å². The van der Waals surface area contributed by atoms with Gasteiger partial charge in [-0.15, -0.1) is 0 Å². The van der Waals surface area contributed by atoms with Gasteiger partial charge in [0.25, 0.3) is 5.91 Å². The van der Waals surface area contributed by atoms with Gasteiger partial charge in [0.2, 0.25) is 0 Å². The minimum Gasteiger partial charge on any atom is -0.504 e. The molecular weight excluding hydrogens is 268 g/mol. The third kappa shape index (κ3) is 3.60. The van der Waals surface area contributed by atoms with Crippen molar-refractivity contribution in [2.75, 3.05) is 0 Å². The van der Waals surface area contributed by atoms with Crippen LogP contribution in [0.15, 0.2) is 47.6 Å². The maximum atomic E-state index is 11.9. The van der Waals surface area contributed by atoms with E-state index in [4.69, 9.17) is 0 Å². The smallest absolute Gasteiger partial charge is 0.271 e. The largest absolute Gasteiger partial charge is 0.504 e. The average molecular weight is 284 g/mol. The normalized spacial score (nSPS) is 11.2. The topological polar surface area (TPSA) is 81.9 Å². The number of carbonyl (C=O) groups excluding carboxylic acids is 1. The minimum atomic E-state index is -0.461. The second-order valence-corrected chi connectivity index (χ2v) is 4.71. The quantitative estimate of drug-likeness (QED) is 0.460. The Labute approximate surface area is 122 Å². The van der Waals surface area contributed by atoms with Crippen LogP contribution in [-0.4, -0.2) is 21.8 Å². The van der Waals surface area contributed by atoms with Crippen molar-refractivity contribution in [3.8, 4) is 11.5 Å². The molecule has 0 fully saturated rings. The van der Waals surface area contributed by atoms with Crippen molar-refractivity contribution < 1.29 is 15.0 Å². The number of benzene rings is 2. The van der Waals surface area contributed by atoms with Gasteiger partial charge in [0.15, 0.2) is 11.5 Å². The number of hydrazone groups is 1. The number of nitrogens with one attached hydrogen (secondary N) is 1. The second-order valence-electron chi connectivity index (χ2n) is 4.71. The van der Waals surface area contributed by atoms with Crippen LogP contribution < -0.4 is 5.43 Å². The Kier molecular flexibility index (Phi) is 4.23. The van der Waals surface area contributed by atoms with Gasteiger partial charge in [0.1, 0.15) is 0 Å². The van der Waals surface area contributed by atoms with Gasteiger partial charge in [-0.05, 0) is 37.6 Å². The molecule has 1 amide bonds. The standard InChI is InChI=1S/C16H16N2O3/c1-10-3-5-12(6-4-10)11(2)17-18-16(21)13-7-8-14(19)15(20)9-13/h3-9,19-20H,1-2H3,(H,18,21)/b17-11+. The van der Waals surface area contributed by atoms with Gasteiger partial charge in [-0.25, -0.2) is 5.43 Å². The highest BCUT2D eigenvalue weighted by Crippen LogP contribution is 2.24. The molecule has 3 N–H and O–H groups in total. The molecule has 0 heterocycles. The van der Waals surface area contributed by atoms with Gasteiger partial charge in [0, 0.05) is 5.56 Å². The molecule has 0 radical (unpaired) electrons. The van der Waals surface area contributed by atoms with Crippen molar-refractivity contribution in [3.05, 3.63) is 59.2 Å². The lowest BCUT2D eigenvalue weighted by Crippen LogP contribution is -2.19. The Morgan fingerprint density at radius 2 is 1.62 bits per heavy atom. The lowest BCUT2D eigenvalue weighted by atomic mass is 10.1. The number of phenolic OH excluding ortho intramolecular Hbond substituents is 2. The van der Waals surface area contributed by atoms with Crippen molar-refractivity contribution in [1.29, 1.82) is 0 Å². The lowest BCUT2D eigenvalue weighted by molar-refractivity contribution is 0.0954. The molecule has 0 aliphatic rings. The van der Waals surface area contributed by atoms with Crippen molar-refractivity contribution >= 4 is 11.6 Å². The van der Waals surface area contributed by atoms with E-state index >= 15 is 0 Å². The summed E-state index contributed by atoms with van der Waals surface area (Å²) in [4.78, 5) is 11.9. The number of rotatable bonds is 3. The van der Waals surface area contributed by atoms with Gasteiger partial charge in [-0.2, -0.15) is 5.10 Å². The van der Waals surface area contributed by atoms with E-state index in [1.54, 1.807) is 6.92 Å². The zero-order valence-electron chi connectivity index (χ0n) is 11.8. The van der Waals surface area contributed by atoms with Crippen LogP contribution in [0.1, 0.15) is 28.4 Å². The van der Waals surface area contributed by atoms with Crippen LogP contribution in [-0.2, 0) is 0 Å². The molecule has 0 bridgehead atoms. The predicted octanol–water partition coefficient (Wildman–Crippen LogP) is 2.56. The third-order valence-corrected chi connectivity index (χ3v) is 3.03. The fourth-order valence-electron chi connectivity index (χ4n) is 1.72. The van der Waals surface area contributed by atoms with Crippen molar-refractivity contribution in [3.63, 3.8) is 0 Å². The molecule has 0 aliphatic carbocycles. The Morgan fingerprint density at radius 1 is 1.00 bits per heavy atom. The molecule has 5 nitrogen and oxygen atoms in total. The number of phenols is 2. The van der Waals surface area contributed by atoms with Crippen LogP contribution in [0.3, 0.4) is 0 Å². The summed E-state index contributed by atoms with van der Waals surface area (Å²) in [5.74, 6) is -1.08. The first-order valence-electron chi connectivity index (χ1n) is 6.41. The summed E-state index contributed by atoms with van der Waals surface area (Å²) >= 11 is 0. The predicted molar refractivity (Wildman–Crippen MR) is 80.6 cm³/mol. The first kappa shape index (κ1) is 14.6. The molecule has 5 heteroatoms. The Balaban J connectivity index is 2.10. The summed E-state index contributed by atoms with van der Waals surface area (Å²) in [6.07, 6.45) is 0. The number of aryl methyl sites for hydroxylation is 1. The first-order chi connectivity index (χ1) is 9.97. The summed E-state index contributed by atoms with van der Waals surface area (Å²) in [5, 5.41) is 22.6. The highest BCUT2D eigenvalue weighted by molar-refractivity contribution is 6.01. The van der Waals surface area contributed by atoms with E-state index in [1.807, 2.05) is 31.2 Å². The van der Waals surface area contributed by atoms with Gasteiger partial charge in [-0.3, -0.25) is 4.79 Å². The van der Waals surface area contributed by atoms with Crippen LogP contribution >= 0.6 is 0 Å². The molecule has 0 aliphatic heterocycles. The SMILES string of the molecule is C/C(=N\NC(=O)c1ccc(O)c(O)c1)c1ccc(C)cc1. The van der Waals surface area contributed by atoms with Crippen LogP contribution in [0, 0.1) is 6.92 Å². The molecule has 2 aromatic carbocycles. The maximum absolute atomic E-state index is 11.9. The van der Waals surface area contributed by atoms with Crippen LogP contribution in [0.2, 0.25) is 0 Å². The Morgan fingerprint density at radius 3 is 2.24 bits per heavy atom. The fourth-order valence-corrected chi connectivity index (χ4v) is 1.72. The Hall–Kier alpha value is -2.82. The zero-order chi connectivity index (χ0) is 15.4. The highest BCUT2D eigenvalue weighted by Gasteiger charge is 2.08. The molecule has 0 unspecified atom stereocenters. The number of hydrogen-bond acceptors (Lipinski definition) is 4. The van der Waals surface area contributed by atoms with E-state index in [9.17, 15) is 15.0 Å². The maximum Gasteiger partial charge on any atom is 0.271 e. The monoisotopic (exact) mass is 284 g/mol. The summed E-state index contributed by atoms with van der Waals surface area (Å²) in [6.45, 7) is 3.79. The Bertz CT molecular complexity index is 691. The first-order valence-corrected chi connectivity index (χ1v) is 6.41. The fraction of sp³-hybridized carbons (Fsp3) is 0.125. The molecule has 2 aromatic rings. The summed E-state index contributed by atoms with van der Waals surface area (Å²) < 4.78 is 0. The molecule has 108 valence electrons. The average Bonchev–Trinajstić information content (AvgIpc) is 2.48. The molecular formula is C16H16N2O3. The van der Waals surface area contributed by atoms with Gasteiger partial charge in [0.05, 0.1) is 5.71 Å². The molecule has 0 saturated heterocycles. The van der Waals surface area contributed by atoms with E-state index in [2.05, 4.69) is 10.5 Å². The zero-order valence-corrected chi connectivity index (χ0v) is 11.8. The molecule has 0 saturated carbocycles. The van der Waals surface area contributed by atoms with Gasteiger partial charge >= 0.3 is 0 Å². The summed E-state index contributed by atoms with van der Waals surface area (Å²) in [5.41, 5.74) is 5.36. The molecule has 21 heavy (non-hydrogen) atoms. The second kappa shape index (κ2) is 6.09. The number of carbonyl (C=O) groups is 1. The van der Waals surface area contributed by atoms with Gasteiger partial charge in [-0.1, -0.05) is 29.8 Å². The number of hydrogen-bond donors (Lipinski definition) is 3. The summed E-state index contributed by atoms with van der Waals surface area (Å²) in [7, 11) is 0. The number of amides is 1. The van der Waals surface area contributed by atoms with Crippen molar-refractivity contribution in [2.24, 2.45) is 5.10 Å². The van der Waals surface area contributed by atoms with Crippen LogP contribution in [0.5, 0.6) is 11.5 Å². The number of nitrogens with zero attached hydrogens (tertiary/aromatic N) is 1. The number of aromatic hydroxyl groups is 2. The highest BCUT2D eigenvalue weighted by atomic mass is 16.3. The minimum absolute atomic E-state index is 0.214. The van der Waals surface area contributed by atoms with E-state index in [1.165, 1.54) is 18.2 Å². The van der Waals surface area contributed by atoms with E-state index in [0.29, 0.717) is 5.71 Å². The molecule has 0 atom stereocenters. The van der Waals surface area contributed by atoms with E-state index in [-0.39, 0.29) is 17.1 Å². The molecule has 2 rings (SSSR count). The van der Waals surface area contributed by atoms with E-state index in [0.717, 1.165) is 11.1 Å². The summed E-state index contributed by atoms with van der Waals surface area (Å²) in [6, 6.07) is 11.6. The van der Waals surface area contributed by atoms with Crippen LogP contribution in [0.25, 0.3) is 0 Å². The van der Waals surface area contributed by atoms with Crippen molar-refractivity contribution in [2.45, 2.75) is 13.8 Å². The van der Waals surface area contributed by atoms with Crippen molar-refractivity contribution in [1.82, 2.24) is 5.43 Å². The molecule has 0 aromatic heterocycles. The third-order valence-electron chi connectivity index (χ3n) is 3.03. The van der Waals surface area contributed by atoms with Gasteiger partial charge < -0.3 is 10.2 Å². The molecule has 0 spiro atoms. The van der Waals surface area contributed by atoms with E-state index < -0.39 is 5.91 Å².